The molecule has 0 aliphatic carbocycles. The molecule has 1 aromatic heterocycles. The summed E-state index contributed by atoms with van der Waals surface area (Å²) in [5, 5.41) is 3.37. The van der Waals surface area contributed by atoms with Gasteiger partial charge in [-0.25, -0.2) is 4.99 Å². The number of para-hydroxylation sites is 1. The van der Waals surface area contributed by atoms with Gasteiger partial charge in [0.25, 0.3) is 0 Å². The topological polar surface area (TPSA) is 31.7 Å². The van der Waals surface area contributed by atoms with Crippen molar-refractivity contribution in [2.24, 2.45) is 4.99 Å². The molecular weight excluding hydrogens is 396 g/mol. The van der Waals surface area contributed by atoms with Crippen molar-refractivity contribution in [1.82, 2.24) is 9.88 Å². The van der Waals surface area contributed by atoms with Crippen molar-refractivity contribution >= 4 is 51.0 Å². The average Bonchev–Trinajstić information content (AvgIpc) is 3.30. The van der Waals surface area contributed by atoms with Crippen LogP contribution in [0.15, 0.2) is 93.3 Å². The molecule has 3 heterocycles. The molecule has 5 rings (SSSR count). The third-order valence-corrected chi connectivity index (χ3v) is 7.49. The van der Waals surface area contributed by atoms with Gasteiger partial charge in [-0.05, 0) is 36.4 Å². The minimum atomic E-state index is 0.771. The molecule has 0 radical (unpaired) electrons. The van der Waals surface area contributed by atoms with E-state index in [1.807, 2.05) is 42.2 Å². The van der Waals surface area contributed by atoms with Gasteiger partial charge in [0.1, 0.15) is 0 Å². The van der Waals surface area contributed by atoms with Crippen LogP contribution in [0.4, 0.5) is 11.4 Å². The summed E-state index contributed by atoms with van der Waals surface area (Å²) in [6.45, 7) is 5.56. The normalized spacial score (nSPS) is 20.0. The van der Waals surface area contributed by atoms with E-state index in [4.69, 9.17) is 4.99 Å². The van der Waals surface area contributed by atoms with Crippen molar-refractivity contribution in [3.63, 3.8) is 0 Å². The molecule has 29 heavy (non-hydrogen) atoms. The summed E-state index contributed by atoms with van der Waals surface area (Å²) in [6.07, 6.45) is 3.76. The second-order valence-electron chi connectivity index (χ2n) is 6.87. The fourth-order valence-corrected chi connectivity index (χ4v) is 5.99. The summed E-state index contributed by atoms with van der Waals surface area (Å²) in [7, 11) is 2.14. The lowest BCUT2D eigenvalue weighted by atomic mass is 10.2. The van der Waals surface area contributed by atoms with Crippen LogP contribution in [0.1, 0.15) is 0 Å². The number of pyridine rings is 1. The van der Waals surface area contributed by atoms with Crippen LogP contribution >= 0.6 is 23.5 Å². The van der Waals surface area contributed by atoms with Crippen LogP contribution < -0.4 is 4.90 Å². The zero-order valence-electron chi connectivity index (χ0n) is 16.1. The molecule has 0 N–H and O–H groups in total. The predicted octanol–water partition coefficient (Wildman–Crippen LogP) is 5.87. The summed E-state index contributed by atoms with van der Waals surface area (Å²) in [5.74, 6) is 0. The zero-order chi connectivity index (χ0) is 19.8. The number of aliphatic imine (C=N–C) groups is 1. The van der Waals surface area contributed by atoms with Gasteiger partial charge < -0.3 is 9.80 Å². The maximum Gasteiger partial charge on any atom is 0.169 e. The first kappa shape index (κ1) is 18.3. The summed E-state index contributed by atoms with van der Waals surface area (Å²) in [5.41, 5.74) is 3.18. The monoisotopic (exact) mass is 416 g/mol. The van der Waals surface area contributed by atoms with Crippen molar-refractivity contribution in [2.45, 2.75) is 4.90 Å². The van der Waals surface area contributed by atoms with Crippen LogP contribution in [-0.2, 0) is 0 Å². The lowest BCUT2D eigenvalue weighted by molar-refractivity contribution is 0.528. The van der Waals surface area contributed by atoms with Crippen LogP contribution in [-0.4, -0.2) is 35.2 Å². The average molecular weight is 417 g/mol. The highest BCUT2D eigenvalue weighted by atomic mass is 32.2. The number of thioether (sulfide) groups is 2. The van der Waals surface area contributed by atoms with E-state index in [0.29, 0.717) is 0 Å². The minimum Gasteiger partial charge on any atom is -0.342 e. The summed E-state index contributed by atoms with van der Waals surface area (Å²) < 4.78 is 0. The Morgan fingerprint density at radius 3 is 2.86 bits per heavy atom. The van der Waals surface area contributed by atoms with Gasteiger partial charge in [0.05, 0.1) is 28.5 Å². The first-order valence-electron chi connectivity index (χ1n) is 9.44. The lowest BCUT2D eigenvalue weighted by Crippen LogP contribution is -2.24. The van der Waals surface area contributed by atoms with E-state index in [-0.39, 0.29) is 0 Å². The number of hydrogen-bond donors (Lipinski definition) is 0. The Bertz CT molecular complexity index is 1160. The van der Waals surface area contributed by atoms with E-state index >= 15 is 0 Å². The van der Waals surface area contributed by atoms with E-state index < -0.39 is 0 Å². The summed E-state index contributed by atoms with van der Waals surface area (Å²) in [4.78, 5) is 16.7. The highest BCUT2D eigenvalue weighted by Crippen LogP contribution is 2.49. The zero-order valence-corrected chi connectivity index (χ0v) is 17.7. The van der Waals surface area contributed by atoms with E-state index in [0.717, 1.165) is 34.8 Å². The highest BCUT2D eigenvalue weighted by molar-refractivity contribution is 8.18. The van der Waals surface area contributed by atoms with Gasteiger partial charge in [0, 0.05) is 35.0 Å². The molecule has 0 amide bonds. The fourth-order valence-electron chi connectivity index (χ4n) is 3.59. The molecule has 1 saturated heterocycles. The van der Waals surface area contributed by atoms with Gasteiger partial charge in [-0.3, -0.25) is 4.98 Å². The first-order valence-corrected chi connectivity index (χ1v) is 11.1. The molecule has 6 heteroatoms. The molecule has 0 bridgehead atoms. The Balaban J connectivity index is 1.54. The Hall–Kier alpha value is -2.70. The van der Waals surface area contributed by atoms with Crippen molar-refractivity contribution in [3.8, 4) is 0 Å². The maximum absolute atomic E-state index is 5.04. The molecule has 144 valence electrons. The standard InChI is InChI=1S/C23H20N4S2/c1-3-14-27-15-21(22-26(2)19-11-4-5-12-20(19)28-22)29-23(27)25-18-10-6-9-17-16(18)8-7-13-24-17/h3-13H,1,14-15H2,2H3. The number of hydrogen-bond acceptors (Lipinski definition) is 5. The fraction of sp³-hybridized carbons (Fsp3) is 0.130. The molecule has 2 aliphatic heterocycles. The Labute approximate surface area is 179 Å². The van der Waals surface area contributed by atoms with Gasteiger partial charge in [-0.2, -0.15) is 0 Å². The van der Waals surface area contributed by atoms with E-state index in [1.165, 1.54) is 20.5 Å². The van der Waals surface area contributed by atoms with E-state index in [2.05, 4.69) is 64.8 Å². The van der Waals surface area contributed by atoms with E-state index in [1.54, 1.807) is 11.8 Å². The molecule has 2 aromatic carbocycles. The van der Waals surface area contributed by atoms with Crippen LogP contribution in [0.5, 0.6) is 0 Å². The lowest BCUT2D eigenvalue weighted by Gasteiger charge is -2.16. The van der Waals surface area contributed by atoms with Crippen LogP contribution in [0.25, 0.3) is 10.9 Å². The van der Waals surface area contributed by atoms with E-state index in [9.17, 15) is 0 Å². The minimum absolute atomic E-state index is 0.771. The number of rotatable bonds is 3. The third kappa shape index (κ3) is 3.32. The number of fused-ring (bicyclic) bond motifs is 2. The molecule has 3 aromatic rings. The SMILES string of the molecule is C=CCN1CC(=C2Sc3ccccc3N2C)SC1=Nc1cccc2ncccc12. The smallest absolute Gasteiger partial charge is 0.169 e. The van der Waals surface area contributed by atoms with Crippen LogP contribution in [0.2, 0.25) is 0 Å². The number of nitrogens with zero attached hydrogens (tertiary/aromatic N) is 4. The number of amidine groups is 1. The van der Waals surface area contributed by atoms with Crippen molar-refractivity contribution in [1.29, 1.82) is 0 Å². The quantitative estimate of drug-likeness (QED) is 0.499. The highest BCUT2D eigenvalue weighted by Gasteiger charge is 2.31. The molecule has 2 aliphatic rings. The molecule has 0 atom stereocenters. The molecule has 4 nitrogen and oxygen atoms in total. The molecule has 0 unspecified atom stereocenters. The largest absolute Gasteiger partial charge is 0.342 e. The third-order valence-electron chi connectivity index (χ3n) is 4.98. The van der Waals surface area contributed by atoms with Gasteiger partial charge in [-0.15, -0.1) is 6.58 Å². The molecule has 1 fully saturated rings. The second-order valence-corrected chi connectivity index (χ2v) is 8.96. The number of benzene rings is 2. The van der Waals surface area contributed by atoms with Crippen molar-refractivity contribution in [2.75, 3.05) is 25.0 Å². The first-order chi connectivity index (χ1) is 14.2. The summed E-state index contributed by atoms with van der Waals surface area (Å²) >= 11 is 3.60. The van der Waals surface area contributed by atoms with Crippen LogP contribution in [0.3, 0.4) is 0 Å². The van der Waals surface area contributed by atoms with Crippen LogP contribution in [0, 0.1) is 0 Å². The molecule has 0 saturated carbocycles. The predicted molar refractivity (Wildman–Crippen MR) is 126 cm³/mol. The number of anilines is 1. The molecular formula is C23H20N4S2. The van der Waals surface area contributed by atoms with Gasteiger partial charge in [0.15, 0.2) is 5.17 Å². The number of aromatic nitrogens is 1. The van der Waals surface area contributed by atoms with Gasteiger partial charge >= 0.3 is 0 Å². The Kier molecular flexibility index (Phi) is 4.81. The van der Waals surface area contributed by atoms with Gasteiger partial charge in [0.2, 0.25) is 0 Å². The van der Waals surface area contributed by atoms with Crippen molar-refractivity contribution in [3.05, 3.63) is 83.4 Å². The Morgan fingerprint density at radius 2 is 2.00 bits per heavy atom. The second kappa shape index (κ2) is 7.61. The molecule has 0 spiro atoms. The van der Waals surface area contributed by atoms with Gasteiger partial charge in [-0.1, -0.05) is 47.8 Å². The summed E-state index contributed by atoms with van der Waals surface area (Å²) in [6, 6.07) is 18.7. The van der Waals surface area contributed by atoms with Crippen molar-refractivity contribution < 1.29 is 0 Å². The Morgan fingerprint density at radius 1 is 1.10 bits per heavy atom. The maximum atomic E-state index is 5.04.